The largest absolute Gasteiger partial charge is 0.497 e. The molecule has 0 spiro atoms. The Morgan fingerprint density at radius 2 is 1.86 bits per heavy atom. The summed E-state index contributed by atoms with van der Waals surface area (Å²) in [6.45, 7) is 1.77. The molecule has 0 aliphatic heterocycles. The highest BCUT2D eigenvalue weighted by Gasteiger charge is 2.16. The lowest BCUT2D eigenvalue weighted by molar-refractivity contribution is 0.415. The lowest BCUT2D eigenvalue weighted by atomic mass is 10.0. The molecule has 0 radical (unpaired) electrons. The van der Waals surface area contributed by atoms with Crippen LogP contribution in [0.15, 0.2) is 54.6 Å². The van der Waals surface area contributed by atoms with Crippen molar-refractivity contribution < 1.29 is 4.74 Å². The Hall–Kier alpha value is -3.31. The monoisotopic (exact) mass is 384 g/mol. The van der Waals surface area contributed by atoms with Crippen molar-refractivity contribution in [3.8, 4) is 5.75 Å². The zero-order valence-corrected chi connectivity index (χ0v) is 16.9. The average molecular weight is 384 g/mol. The van der Waals surface area contributed by atoms with E-state index in [1.54, 1.807) is 7.11 Å². The highest BCUT2D eigenvalue weighted by molar-refractivity contribution is 6.27. The van der Waals surface area contributed by atoms with Gasteiger partial charge in [-0.1, -0.05) is 24.3 Å². The van der Waals surface area contributed by atoms with E-state index in [9.17, 15) is 0 Å². The molecular formula is C24H24N4O. The van der Waals surface area contributed by atoms with Crippen molar-refractivity contribution in [3.63, 3.8) is 0 Å². The van der Waals surface area contributed by atoms with Crippen LogP contribution in [0.25, 0.3) is 43.5 Å². The first-order valence-electron chi connectivity index (χ1n) is 9.85. The number of pyridine rings is 1. The summed E-state index contributed by atoms with van der Waals surface area (Å²) in [5.74, 6) is 1.79. The standard InChI is InChI=1S/C24H24N4O/c1-28(2)13-12-25-24-22-21-17-10-9-16(29-3)14-15(17)8-11-20(21)26-23(22)18-6-4-5-7-19(18)27-24/h4-11,14,26H,12-13H2,1-3H3,(H,25,27). The second-order valence-corrected chi connectivity index (χ2v) is 7.66. The van der Waals surface area contributed by atoms with E-state index in [1.165, 1.54) is 10.8 Å². The molecule has 0 fully saturated rings. The number of likely N-dealkylation sites (N-methyl/N-ethyl adjacent to an activating group) is 1. The molecule has 0 aliphatic carbocycles. The number of aromatic nitrogens is 2. The highest BCUT2D eigenvalue weighted by Crippen LogP contribution is 2.39. The van der Waals surface area contributed by atoms with Gasteiger partial charge in [-0.05, 0) is 55.2 Å². The lowest BCUT2D eigenvalue weighted by Crippen LogP contribution is -2.21. The molecule has 0 unspecified atom stereocenters. The zero-order valence-electron chi connectivity index (χ0n) is 16.9. The molecule has 5 nitrogen and oxygen atoms in total. The molecular weight excluding hydrogens is 360 g/mol. The van der Waals surface area contributed by atoms with Crippen molar-refractivity contribution in [1.82, 2.24) is 14.9 Å². The van der Waals surface area contributed by atoms with Gasteiger partial charge in [0.2, 0.25) is 0 Å². The number of benzene rings is 3. The lowest BCUT2D eigenvalue weighted by Gasteiger charge is -2.13. The average Bonchev–Trinajstić information content (AvgIpc) is 3.13. The molecule has 0 atom stereocenters. The fourth-order valence-electron chi connectivity index (χ4n) is 4.05. The topological polar surface area (TPSA) is 53.2 Å². The van der Waals surface area contributed by atoms with Crippen LogP contribution in [0.5, 0.6) is 5.75 Å². The van der Waals surface area contributed by atoms with Gasteiger partial charge in [0.1, 0.15) is 11.6 Å². The van der Waals surface area contributed by atoms with E-state index < -0.39 is 0 Å². The van der Waals surface area contributed by atoms with Gasteiger partial charge >= 0.3 is 0 Å². The third kappa shape index (κ3) is 2.95. The molecule has 5 aromatic rings. The van der Waals surface area contributed by atoms with Gasteiger partial charge in [-0.15, -0.1) is 0 Å². The Morgan fingerprint density at radius 3 is 2.69 bits per heavy atom. The number of rotatable bonds is 5. The Morgan fingerprint density at radius 1 is 1.00 bits per heavy atom. The molecule has 5 heteroatoms. The van der Waals surface area contributed by atoms with Gasteiger partial charge in [-0.25, -0.2) is 4.98 Å². The summed E-state index contributed by atoms with van der Waals surface area (Å²) in [4.78, 5) is 10.8. The number of hydrogen-bond acceptors (Lipinski definition) is 4. The minimum absolute atomic E-state index is 0.832. The van der Waals surface area contributed by atoms with Gasteiger partial charge in [0.15, 0.2) is 0 Å². The number of ether oxygens (including phenoxy) is 1. The maximum atomic E-state index is 5.42. The molecule has 5 rings (SSSR count). The van der Waals surface area contributed by atoms with E-state index in [1.807, 2.05) is 12.1 Å². The molecule has 2 aromatic heterocycles. The Bertz CT molecular complexity index is 1350. The Balaban J connectivity index is 1.85. The molecule has 2 N–H and O–H groups in total. The number of fused-ring (bicyclic) bond motifs is 7. The molecule has 0 aliphatic rings. The normalized spacial score (nSPS) is 11.9. The fourth-order valence-corrected chi connectivity index (χ4v) is 4.05. The number of H-pyrrole nitrogens is 1. The molecule has 0 saturated heterocycles. The van der Waals surface area contributed by atoms with Crippen LogP contribution in [0.1, 0.15) is 0 Å². The second-order valence-electron chi connectivity index (χ2n) is 7.66. The van der Waals surface area contributed by atoms with Crippen LogP contribution in [-0.4, -0.2) is 49.2 Å². The number of anilines is 1. The minimum Gasteiger partial charge on any atom is -0.497 e. The molecule has 2 heterocycles. The molecule has 146 valence electrons. The zero-order chi connectivity index (χ0) is 20.0. The smallest absolute Gasteiger partial charge is 0.136 e. The third-order valence-corrected chi connectivity index (χ3v) is 5.48. The number of aromatic amines is 1. The van der Waals surface area contributed by atoms with Crippen LogP contribution in [0, 0.1) is 0 Å². The summed E-state index contributed by atoms with van der Waals surface area (Å²) in [5, 5.41) is 9.42. The summed E-state index contributed by atoms with van der Waals surface area (Å²) >= 11 is 0. The number of nitrogens with zero attached hydrogens (tertiary/aromatic N) is 2. The predicted molar refractivity (Wildman–Crippen MR) is 122 cm³/mol. The van der Waals surface area contributed by atoms with E-state index in [-0.39, 0.29) is 0 Å². The quantitative estimate of drug-likeness (QED) is 0.447. The van der Waals surface area contributed by atoms with Crippen LogP contribution in [0.4, 0.5) is 5.82 Å². The molecule has 0 amide bonds. The van der Waals surface area contributed by atoms with Crippen LogP contribution in [-0.2, 0) is 0 Å². The molecule has 3 aromatic carbocycles. The van der Waals surface area contributed by atoms with Gasteiger partial charge in [0.05, 0.1) is 23.5 Å². The van der Waals surface area contributed by atoms with Crippen molar-refractivity contribution in [2.45, 2.75) is 0 Å². The van der Waals surface area contributed by atoms with Crippen molar-refractivity contribution in [2.75, 3.05) is 39.6 Å². The van der Waals surface area contributed by atoms with Gasteiger partial charge in [0.25, 0.3) is 0 Å². The van der Waals surface area contributed by atoms with E-state index in [0.29, 0.717) is 0 Å². The number of hydrogen-bond donors (Lipinski definition) is 2. The van der Waals surface area contributed by atoms with Crippen LogP contribution < -0.4 is 10.1 Å². The first-order chi connectivity index (χ1) is 14.2. The summed E-state index contributed by atoms with van der Waals surface area (Å²) in [5.41, 5.74) is 3.23. The highest BCUT2D eigenvalue weighted by atomic mass is 16.5. The minimum atomic E-state index is 0.832. The number of methoxy groups -OCH3 is 1. The Labute approximate surface area is 169 Å². The van der Waals surface area contributed by atoms with Gasteiger partial charge in [0, 0.05) is 29.4 Å². The first kappa shape index (κ1) is 17.8. The van der Waals surface area contributed by atoms with Crippen LogP contribution in [0.3, 0.4) is 0 Å². The van der Waals surface area contributed by atoms with E-state index in [4.69, 9.17) is 9.72 Å². The van der Waals surface area contributed by atoms with Crippen molar-refractivity contribution in [1.29, 1.82) is 0 Å². The maximum Gasteiger partial charge on any atom is 0.136 e. The second kappa shape index (κ2) is 6.94. The van der Waals surface area contributed by atoms with E-state index in [0.717, 1.165) is 57.4 Å². The fraction of sp³-hybridized carbons (Fsp3) is 0.208. The predicted octanol–water partition coefficient (Wildman–Crippen LogP) is 5.00. The molecule has 0 bridgehead atoms. The third-order valence-electron chi connectivity index (χ3n) is 5.48. The number of nitrogens with one attached hydrogen (secondary N) is 2. The van der Waals surface area contributed by atoms with Crippen molar-refractivity contribution >= 4 is 49.3 Å². The van der Waals surface area contributed by atoms with Crippen LogP contribution in [0.2, 0.25) is 0 Å². The van der Waals surface area contributed by atoms with Gasteiger partial charge in [-0.3, -0.25) is 0 Å². The van der Waals surface area contributed by atoms with Gasteiger partial charge in [-0.2, -0.15) is 0 Å². The van der Waals surface area contributed by atoms with Crippen LogP contribution >= 0.6 is 0 Å². The summed E-state index contributed by atoms with van der Waals surface area (Å²) in [6, 6.07) is 18.8. The Kier molecular flexibility index (Phi) is 4.25. The summed E-state index contributed by atoms with van der Waals surface area (Å²) in [6.07, 6.45) is 0. The first-order valence-corrected chi connectivity index (χ1v) is 9.85. The van der Waals surface area contributed by atoms with Gasteiger partial charge < -0.3 is 19.9 Å². The SMILES string of the molecule is COc1ccc2c(ccc3[nH]c4c5ccccc5nc(NCCN(C)C)c4c32)c1. The van der Waals surface area contributed by atoms with E-state index in [2.05, 4.69) is 71.8 Å². The van der Waals surface area contributed by atoms with Crippen molar-refractivity contribution in [2.24, 2.45) is 0 Å². The van der Waals surface area contributed by atoms with E-state index >= 15 is 0 Å². The maximum absolute atomic E-state index is 5.42. The van der Waals surface area contributed by atoms with Crippen molar-refractivity contribution in [3.05, 3.63) is 54.6 Å². The summed E-state index contributed by atoms with van der Waals surface area (Å²) < 4.78 is 5.42. The molecule has 0 saturated carbocycles. The number of para-hydroxylation sites is 1. The summed E-state index contributed by atoms with van der Waals surface area (Å²) in [7, 11) is 5.86. The molecule has 29 heavy (non-hydrogen) atoms.